The Balaban J connectivity index is 3.63. The third kappa shape index (κ3) is 2.90. The number of hydrogen-bond donors (Lipinski definition) is 2. The van der Waals surface area contributed by atoms with Crippen molar-refractivity contribution in [2.24, 2.45) is 5.73 Å². The van der Waals surface area contributed by atoms with Gasteiger partial charge in [-0.05, 0) is 12.1 Å². The van der Waals surface area contributed by atoms with Crippen molar-refractivity contribution in [1.82, 2.24) is 0 Å². The minimum Gasteiger partial charge on any atom is -0.493 e. The average Bonchev–Trinajstić information content (AvgIpc) is 2.34. The van der Waals surface area contributed by atoms with Crippen molar-refractivity contribution in [1.29, 1.82) is 0 Å². The van der Waals surface area contributed by atoms with Crippen LogP contribution in [0, 0.1) is 0 Å². The fourth-order valence-electron chi connectivity index (χ4n) is 1.63. The zero-order chi connectivity index (χ0) is 14.8. The van der Waals surface area contributed by atoms with Gasteiger partial charge in [0.25, 0.3) is 0 Å². The van der Waals surface area contributed by atoms with E-state index in [0.717, 1.165) is 13.2 Å². The minimum absolute atomic E-state index is 0.0257. The minimum atomic E-state index is -4.75. The van der Waals surface area contributed by atoms with Gasteiger partial charge in [-0.25, -0.2) is 0 Å². The number of rotatable bonds is 4. The Labute approximate surface area is 106 Å². The van der Waals surface area contributed by atoms with E-state index in [1.807, 2.05) is 0 Å². The number of alkyl halides is 3. The number of carbonyl (C=O) groups is 1. The van der Waals surface area contributed by atoms with Crippen molar-refractivity contribution < 1.29 is 32.5 Å². The number of nitrogens with two attached hydrogens (primary N) is 1. The fourth-order valence-corrected chi connectivity index (χ4v) is 1.63. The third-order valence-electron chi connectivity index (χ3n) is 2.47. The second-order valence-electron chi connectivity index (χ2n) is 3.58. The first-order valence-corrected chi connectivity index (χ1v) is 5.04. The molecule has 0 aliphatic carbocycles. The highest BCUT2D eigenvalue weighted by Crippen LogP contribution is 2.43. The van der Waals surface area contributed by atoms with Crippen LogP contribution in [0.5, 0.6) is 11.5 Å². The summed E-state index contributed by atoms with van der Waals surface area (Å²) in [6.45, 7) is 0. The Bertz CT molecular complexity index is 488. The monoisotopic (exact) mass is 279 g/mol. The van der Waals surface area contributed by atoms with Crippen LogP contribution in [0.25, 0.3) is 0 Å². The summed E-state index contributed by atoms with van der Waals surface area (Å²) < 4.78 is 48.3. The van der Waals surface area contributed by atoms with E-state index in [1.165, 1.54) is 7.11 Å². The molecule has 0 aliphatic rings. The van der Waals surface area contributed by atoms with Gasteiger partial charge in [-0.2, -0.15) is 13.2 Å². The number of carboxylic acid groups (broad SMARTS) is 1. The molecular formula is C11H12F3NO4. The Morgan fingerprint density at radius 1 is 1.32 bits per heavy atom. The lowest BCUT2D eigenvalue weighted by atomic mass is 9.98. The summed E-state index contributed by atoms with van der Waals surface area (Å²) in [4.78, 5) is 10.9. The summed E-state index contributed by atoms with van der Waals surface area (Å²) in [5.41, 5.74) is 3.47. The van der Waals surface area contributed by atoms with Crippen molar-refractivity contribution >= 4 is 5.97 Å². The van der Waals surface area contributed by atoms with Crippen molar-refractivity contribution in [2.75, 3.05) is 14.2 Å². The molecule has 0 spiro atoms. The standard InChI is InChI=1S/C11H12F3NO4/c1-18-6-4-3-5(11(12,13)14)7(9(6)19-2)8(15)10(16)17/h3-4,8H,15H2,1-2H3,(H,16,17). The number of benzene rings is 1. The molecule has 0 heterocycles. The molecule has 0 fully saturated rings. The lowest BCUT2D eigenvalue weighted by Gasteiger charge is -2.20. The van der Waals surface area contributed by atoms with E-state index in [-0.39, 0.29) is 11.5 Å². The molecule has 0 saturated carbocycles. The lowest BCUT2D eigenvalue weighted by Crippen LogP contribution is -2.25. The van der Waals surface area contributed by atoms with Crippen molar-refractivity contribution in [2.45, 2.75) is 12.2 Å². The SMILES string of the molecule is COc1ccc(C(F)(F)F)c(C(N)C(=O)O)c1OC. The zero-order valence-electron chi connectivity index (χ0n) is 10.1. The Morgan fingerprint density at radius 2 is 1.89 bits per heavy atom. The number of ether oxygens (including phenoxy) is 2. The number of halogens is 3. The van der Waals surface area contributed by atoms with Gasteiger partial charge in [-0.3, -0.25) is 4.79 Å². The maximum absolute atomic E-state index is 12.9. The molecule has 1 atom stereocenters. The molecule has 1 unspecified atom stereocenters. The molecule has 19 heavy (non-hydrogen) atoms. The molecule has 0 bridgehead atoms. The zero-order valence-corrected chi connectivity index (χ0v) is 10.1. The maximum atomic E-state index is 12.9. The molecule has 5 nitrogen and oxygen atoms in total. The van der Waals surface area contributed by atoms with Gasteiger partial charge in [0, 0.05) is 5.56 Å². The quantitative estimate of drug-likeness (QED) is 0.878. The second-order valence-corrected chi connectivity index (χ2v) is 3.58. The first kappa shape index (κ1) is 15.1. The molecule has 0 aromatic heterocycles. The van der Waals surface area contributed by atoms with Gasteiger partial charge in [-0.1, -0.05) is 0 Å². The van der Waals surface area contributed by atoms with Gasteiger partial charge in [0.05, 0.1) is 19.8 Å². The Morgan fingerprint density at radius 3 is 2.26 bits per heavy atom. The smallest absolute Gasteiger partial charge is 0.416 e. The van der Waals surface area contributed by atoms with Crippen LogP contribution in [-0.4, -0.2) is 25.3 Å². The maximum Gasteiger partial charge on any atom is 0.416 e. The second kappa shape index (κ2) is 5.35. The molecule has 0 amide bonds. The first-order chi connectivity index (χ1) is 8.73. The Hall–Kier alpha value is -1.96. The molecule has 106 valence electrons. The van der Waals surface area contributed by atoms with Crippen molar-refractivity contribution in [3.63, 3.8) is 0 Å². The largest absolute Gasteiger partial charge is 0.493 e. The van der Waals surface area contributed by atoms with Gasteiger partial charge in [0.2, 0.25) is 0 Å². The molecular weight excluding hydrogens is 267 g/mol. The predicted molar refractivity (Wildman–Crippen MR) is 59.1 cm³/mol. The van der Waals surface area contributed by atoms with Crippen LogP contribution in [0.1, 0.15) is 17.2 Å². The highest BCUT2D eigenvalue weighted by molar-refractivity contribution is 5.78. The van der Waals surface area contributed by atoms with Crippen LogP contribution in [0.4, 0.5) is 13.2 Å². The van der Waals surface area contributed by atoms with Gasteiger partial charge < -0.3 is 20.3 Å². The topological polar surface area (TPSA) is 81.8 Å². The molecule has 1 rings (SSSR count). The van der Waals surface area contributed by atoms with E-state index in [2.05, 4.69) is 0 Å². The molecule has 3 N–H and O–H groups in total. The molecule has 0 radical (unpaired) electrons. The predicted octanol–water partition coefficient (Wildman–Crippen LogP) is 1.81. The first-order valence-electron chi connectivity index (χ1n) is 5.04. The van der Waals surface area contributed by atoms with Crippen LogP contribution in [0.15, 0.2) is 12.1 Å². The highest BCUT2D eigenvalue weighted by Gasteiger charge is 2.39. The van der Waals surface area contributed by atoms with Gasteiger partial charge in [0.15, 0.2) is 11.5 Å². The summed E-state index contributed by atoms with van der Waals surface area (Å²) in [7, 11) is 2.33. The average molecular weight is 279 g/mol. The van der Waals surface area contributed by atoms with Crippen LogP contribution < -0.4 is 15.2 Å². The fraction of sp³-hybridized carbons (Fsp3) is 0.364. The summed E-state index contributed by atoms with van der Waals surface area (Å²) >= 11 is 0. The van der Waals surface area contributed by atoms with E-state index in [9.17, 15) is 18.0 Å². The van der Waals surface area contributed by atoms with Crippen LogP contribution in [-0.2, 0) is 11.0 Å². The Kier molecular flexibility index (Phi) is 4.25. The lowest BCUT2D eigenvalue weighted by molar-refractivity contribution is -0.141. The molecule has 1 aromatic carbocycles. The van der Waals surface area contributed by atoms with Crippen LogP contribution in [0.3, 0.4) is 0 Å². The summed E-state index contributed by atoms with van der Waals surface area (Å²) in [6.07, 6.45) is -4.75. The van der Waals surface area contributed by atoms with E-state index in [4.69, 9.17) is 20.3 Å². The summed E-state index contributed by atoms with van der Waals surface area (Å²) in [5.74, 6) is -1.97. The molecule has 1 aromatic rings. The third-order valence-corrected chi connectivity index (χ3v) is 2.47. The van der Waals surface area contributed by atoms with Crippen molar-refractivity contribution in [3.8, 4) is 11.5 Å². The normalized spacial score (nSPS) is 12.9. The number of aliphatic carboxylic acids is 1. The van der Waals surface area contributed by atoms with Crippen LogP contribution in [0.2, 0.25) is 0 Å². The highest BCUT2D eigenvalue weighted by atomic mass is 19.4. The molecule has 0 aliphatic heterocycles. The number of methoxy groups -OCH3 is 2. The van der Waals surface area contributed by atoms with Crippen LogP contribution >= 0.6 is 0 Å². The summed E-state index contributed by atoms with van der Waals surface area (Å²) in [6, 6.07) is -0.124. The van der Waals surface area contributed by atoms with E-state index < -0.39 is 29.3 Å². The number of carboxylic acids is 1. The van der Waals surface area contributed by atoms with E-state index >= 15 is 0 Å². The van der Waals surface area contributed by atoms with E-state index in [0.29, 0.717) is 6.07 Å². The van der Waals surface area contributed by atoms with Crippen molar-refractivity contribution in [3.05, 3.63) is 23.3 Å². The number of hydrogen-bond acceptors (Lipinski definition) is 4. The van der Waals surface area contributed by atoms with Gasteiger partial charge >= 0.3 is 12.1 Å². The molecule has 0 saturated heterocycles. The molecule has 8 heteroatoms. The van der Waals surface area contributed by atoms with E-state index in [1.54, 1.807) is 0 Å². The van der Waals surface area contributed by atoms with Gasteiger partial charge in [-0.15, -0.1) is 0 Å². The van der Waals surface area contributed by atoms with Gasteiger partial charge in [0.1, 0.15) is 6.04 Å². The summed E-state index contributed by atoms with van der Waals surface area (Å²) in [5, 5.41) is 8.82.